The van der Waals surface area contributed by atoms with Gasteiger partial charge < -0.3 is 10.1 Å². The lowest BCUT2D eigenvalue weighted by Gasteiger charge is -2.14. The summed E-state index contributed by atoms with van der Waals surface area (Å²) in [7, 11) is -3.19. The molecule has 0 aliphatic rings. The summed E-state index contributed by atoms with van der Waals surface area (Å²) in [6.07, 6.45) is -3.77. The van der Waals surface area contributed by atoms with E-state index in [0.717, 1.165) is 12.3 Å². The Morgan fingerprint density at radius 3 is 2.53 bits per heavy atom. The monoisotopic (exact) mass is 361 g/mol. The highest BCUT2D eigenvalue weighted by Crippen LogP contribution is 2.32. The lowest BCUT2D eigenvalue weighted by molar-refractivity contribution is -0.274. The molecule has 19 heavy (non-hydrogen) atoms. The van der Waals surface area contributed by atoms with Gasteiger partial charge in [0.2, 0.25) is 0 Å². The van der Waals surface area contributed by atoms with Gasteiger partial charge in [-0.05, 0) is 18.2 Å². The topological polar surface area (TPSA) is 55.4 Å². The number of anilines is 1. The highest BCUT2D eigenvalue weighted by Gasteiger charge is 2.32. The molecule has 4 nitrogen and oxygen atoms in total. The first kappa shape index (κ1) is 16.1. The van der Waals surface area contributed by atoms with Crippen LogP contribution in [0.3, 0.4) is 0 Å². The third-order valence-corrected chi connectivity index (χ3v) is 3.40. The Balaban J connectivity index is 2.82. The molecule has 1 N–H and O–H groups in total. The Morgan fingerprint density at radius 2 is 2.00 bits per heavy atom. The molecule has 0 aliphatic heterocycles. The number of sulfone groups is 1. The molecule has 1 aromatic carbocycles. The Hall–Kier alpha value is -0.960. The Morgan fingerprint density at radius 1 is 1.37 bits per heavy atom. The predicted octanol–water partition coefficient (Wildman–Crippen LogP) is 2.80. The van der Waals surface area contributed by atoms with Crippen molar-refractivity contribution < 1.29 is 26.3 Å². The van der Waals surface area contributed by atoms with Crippen molar-refractivity contribution in [2.24, 2.45) is 0 Å². The number of nitrogens with one attached hydrogen (secondary N) is 1. The molecule has 0 fully saturated rings. The van der Waals surface area contributed by atoms with Crippen LogP contribution >= 0.6 is 15.9 Å². The number of ether oxygens (including phenoxy) is 1. The third kappa shape index (κ3) is 6.67. The molecule has 0 unspecified atom stereocenters. The Labute approximate surface area is 117 Å². The average molecular weight is 362 g/mol. The molecule has 0 saturated carbocycles. The van der Waals surface area contributed by atoms with Crippen LogP contribution in [-0.4, -0.2) is 33.3 Å². The van der Waals surface area contributed by atoms with E-state index in [4.69, 9.17) is 0 Å². The molecule has 0 aliphatic carbocycles. The minimum absolute atomic E-state index is 0.00527. The first-order valence-corrected chi connectivity index (χ1v) is 7.89. The first-order valence-electron chi connectivity index (χ1n) is 5.04. The van der Waals surface area contributed by atoms with E-state index >= 15 is 0 Å². The molecular formula is C10H11BrF3NO3S. The van der Waals surface area contributed by atoms with E-state index in [9.17, 15) is 21.6 Å². The quantitative estimate of drug-likeness (QED) is 0.875. The van der Waals surface area contributed by atoms with Crippen LogP contribution in [0.15, 0.2) is 22.7 Å². The summed E-state index contributed by atoms with van der Waals surface area (Å²) in [5, 5.41) is 2.59. The first-order chi connectivity index (χ1) is 8.57. The zero-order valence-electron chi connectivity index (χ0n) is 9.79. The molecule has 0 radical (unpaired) electrons. The highest BCUT2D eigenvalue weighted by atomic mass is 79.9. The largest absolute Gasteiger partial charge is 0.573 e. The molecule has 0 aromatic heterocycles. The summed E-state index contributed by atoms with van der Waals surface area (Å²) in [4.78, 5) is 0. The Bertz CT molecular complexity index is 545. The van der Waals surface area contributed by atoms with Gasteiger partial charge in [0.05, 0.1) is 11.4 Å². The minimum atomic E-state index is -4.81. The summed E-state index contributed by atoms with van der Waals surface area (Å²) in [6, 6.07) is 4.04. The molecular weight excluding hydrogens is 351 g/mol. The van der Waals surface area contributed by atoms with Crippen molar-refractivity contribution in [2.45, 2.75) is 6.36 Å². The van der Waals surface area contributed by atoms with Crippen LogP contribution < -0.4 is 10.1 Å². The van der Waals surface area contributed by atoms with Gasteiger partial charge in [-0.15, -0.1) is 13.2 Å². The third-order valence-electron chi connectivity index (χ3n) is 1.96. The van der Waals surface area contributed by atoms with Crippen LogP contribution in [0.5, 0.6) is 5.75 Å². The smallest absolute Gasteiger partial charge is 0.404 e. The van der Waals surface area contributed by atoms with E-state index in [2.05, 4.69) is 26.0 Å². The summed E-state index contributed by atoms with van der Waals surface area (Å²) in [6.45, 7) is -0.00527. The molecule has 0 heterocycles. The molecule has 0 spiro atoms. The maximum absolute atomic E-state index is 12.2. The van der Waals surface area contributed by atoms with Gasteiger partial charge in [-0.1, -0.05) is 15.9 Å². The van der Waals surface area contributed by atoms with Crippen LogP contribution in [0.2, 0.25) is 0 Å². The number of benzene rings is 1. The van der Waals surface area contributed by atoms with Gasteiger partial charge in [-0.2, -0.15) is 0 Å². The lowest BCUT2D eigenvalue weighted by atomic mass is 10.3. The zero-order chi connectivity index (χ0) is 14.7. The summed E-state index contributed by atoms with van der Waals surface area (Å²) in [5.74, 6) is -0.607. The molecule has 1 rings (SSSR count). The SMILES string of the molecule is CS(=O)(=O)CCNc1ccc(Br)cc1OC(F)(F)F. The second kappa shape index (κ2) is 6.00. The van der Waals surface area contributed by atoms with Crippen molar-refractivity contribution in [3.63, 3.8) is 0 Å². The van der Waals surface area contributed by atoms with E-state index < -0.39 is 21.9 Å². The van der Waals surface area contributed by atoms with Crippen LogP contribution in [0.25, 0.3) is 0 Å². The number of hydrogen-bond donors (Lipinski definition) is 1. The lowest BCUT2D eigenvalue weighted by Crippen LogP contribution is -2.19. The second-order valence-corrected chi connectivity index (χ2v) is 6.92. The fourth-order valence-corrected chi connectivity index (χ4v) is 2.04. The van der Waals surface area contributed by atoms with E-state index in [-0.39, 0.29) is 18.0 Å². The van der Waals surface area contributed by atoms with Crippen molar-refractivity contribution in [1.29, 1.82) is 0 Å². The van der Waals surface area contributed by atoms with Gasteiger partial charge in [0.25, 0.3) is 0 Å². The molecule has 9 heteroatoms. The zero-order valence-corrected chi connectivity index (χ0v) is 12.2. The fraction of sp³-hybridized carbons (Fsp3) is 0.400. The van der Waals surface area contributed by atoms with Gasteiger partial charge in [0.1, 0.15) is 9.84 Å². The van der Waals surface area contributed by atoms with Gasteiger partial charge in [-0.25, -0.2) is 8.42 Å². The summed E-state index contributed by atoms with van der Waals surface area (Å²) in [5.41, 5.74) is 0.0733. The van der Waals surface area contributed by atoms with Crippen molar-refractivity contribution in [2.75, 3.05) is 23.9 Å². The van der Waals surface area contributed by atoms with Crippen molar-refractivity contribution in [3.05, 3.63) is 22.7 Å². The summed E-state index contributed by atoms with van der Waals surface area (Å²) < 4.78 is 62.7. The van der Waals surface area contributed by atoms with Gasteiger partial charge >= 0.3 is 6.36 Å². The maximum atomic E-state index is 12.2. The Kier molecular flexibility index (Phi) is 5.08. The normalized spacial score (nSPS) is 12.3. The van der Waals surface area contributed by atoms with Gasteiger partial charge in [0, 0.05) is 17.3 Å². The summed E-state index contributed by atoms with van der Waals surface area (Å²) >= 11 is 3.03. The molecule has 0 atom stereocenters. The standard InChI is InChI=1S/C10H11BrF3NO3S/c1-19(16,17)5-4-15-8-3-2-7(11)6-9(8)18-10(12,13)14/h2-3,6,15H,4-5H2,1H3. The molecule has 108 valence electrons. The van der Waals surface area contributed by atoms with Crippen molar-refractivity contribution in [3.8, 4) is 5.75 Å². The number of halogens is 4. The van der Waals surface area contributed by atoms with E-state index in [1.54, 1.807) is 0 Å². The fourth-order valence-electron chi connectivity index (χ4n) is 1.22. The number of rotatable bonds is 5. The van der Waals surface area contributed by atoms with E-state index in [0.29, 0.717) is 4.47 Å². The van der Waals surface area contributed by atoms with Crippen molar-refractivity contribution >= 4 is 31.5 Å². The van der Waals surface area contributed by atoms with Crippen molar-refractivity contribution in [1.82, 2.24) is 0 Å². The van der Waals surface area contributed by atoms with Crippen LogP contribution in [0.1, 0.15) is 0 Å². The molecule has 0 bridgehead atoms. The number of hydrogen-bond acceptors (Lipinski definition) is 4. The maximum Gasteiger partial charge on any atom is 0.573 e. The predicted molar refractivity (Wildman–Crippen MR) is 69.0 cm³/mol. The molecule has 1 aromatic rings. The van der Waals surface area contributed by atoms with Crippen LogP contribution in [0, 0.1) is 0 Å². The van der Waals surface area contributed by atoms with E-state index in [1.807, 2.05) is 0 Å². The van der Waals surface area contributed by atoms with E-state index in [1.165, 1.54) is 12.1 Å². The second-order valence-electron chi connectivity index (χ2n) is 3.74. The average Bonchev–Trinajstić information content (AvgIpc) is 2.17. The van der Waals surface area contributed by atoms with Crippen LogP contribution in [0.4, 0.5) is 18.9 Å². The number of alkyl halides is 3. The molecule has 0 saturated heterocycles. The van der Waals surface area contributed by atoms with Gasteiger partial charge in [-0.3, -0.25) is 0 Å². The highest BCUT2D eigenvalue weighted by molar-refractivity contribution is 9.10. The minimum Gasteiger partial charge on any atom is -0.404 e. The molecule has 0 amide bonds. The van der Waals surface area contributed by atoms with Crippen LogP contribution in [-0.2, 0) is 9.84 Å². The van der Waals surface area contributed by atoms with Gasteiger partial charge in [0.15, 0.2) is 5.75 Å².